The van der Waals surface area contributed by atoms with Crippen LogP contribution in [0.25, 0.3) is 0 Å². The minimum absolute atomic E-state index is 0.385. The highest BCUT2D eigenvalue weighted by Crippen LogP contribution is 2.23. The van der Waals surface area contributed by atoms with E-state index < -0.39 is 0 Å². The van der Waals surface area contributed by atoms with E-state index in [1.807, 2.05) is 7.11 Å². The highest BCUT2D eigenvalue weighted by molar-refractivity contribution is 5.27. The van der Waals surface area contributed by atoms with Crippen molar-refractivity contribution in [3.8, 4) is 0 Å². The van der Waals surface area contributed by atoms with Crippen LogP contribution in [0.4, 0.5) is 0 Å². The van der Waals surface area contributed by atoms with Crippen LogP contribution in [-0.2, 0) is 17.8 Å². The molecule has 1 heterocycles. The predicted molar refractivity (Wildman–Crippen MR) is 86.2 cm³/mol. The summed E-state index contributed by atoms with van der Waals surface area (Å²) in [6.45, 7) is 6.61. The number of hydrogen-bond donors (Lipinski definition) is 1. The van der Waals surface area contributed by atoms with Crippen LogP contribution < -0.4 is 5.32 Å². The highest BCUT2D eigenvalue weighted by atomic mass is 16.5. The van der Waals surface area contributed by atoms with Gasteiger partial charge in [0.25, 0.3) is 0 Å². The van der Waals surface area contributed by atoms with Crippen molar-refractivity contribution in [2.45, 2.75) is 51.4 Å². The molecule has 2 aliphatic rings. The third-order valence-corrected chi connectivity index (χ3v) is 4.95. The maximum atomic E-state index is 5.63. The minimum atomic E-state index is 0.385. The number of hydrogen-bond acceptors (Lipinski definition) is 3. The van der Waals surface area contributed by atoms with E-state index in [1.165, 1.54) is 36.9 Å². The SMILES string of the molecule is COC1CN(Cc2ccccc2CNC2CC2)CCC1C. The first-order valence-electron chi connectivity index (χ1n) is 8.31. The minimum Gasteiger partial charge on any atom is -0.380 e. The molecule has 0 bridgehead atoms. The largest absolute Gasteiger partial charge is 0.380 e. The number of methoxy groups -OCH3 is 1. The second-order valence-corrected chi connectivity index (χ2v) is 6.70. The number of nitrogens with one attached hydrogen (secondary N) is 1. The van der Waals surface area contributed by atoms with Crippen molar-refractivity contribution < 1.29 is 4.74 Å². The molecule has 1 aliphatic heterocycles. The summed E-state index contributed by atoms with van der Waals surface area (Å²) in [7, 11) is 1.85. The quantitative estimate of drug-likeness (QED) is 0.871. The summed E-state index contributed by atoms with van der Waals surface area (Å²) < 4.78 is 5.63. The lowest BCUT2D eigenvalue weighted by Crippen LogP contribution is -2.43. The van der Waals surface area contributed by atoms with Crippen LogP contribution in [0, 0.1) is 5.92 Å². The second kappa shape index (κ2) is 6.91. The second-order valence-electron chi connectivity index (χ2n) is 6.70. The van der Waals surface area contributed by atoms with Gasteiger partial charge in [-0.3, -0.25) is 4.90 Å². The third-order valence-electron chi connectivity index (χ3n) is 4.95. The van der Waals surface area contributed by atoms with E-state index in [-0.39, 0.29) is 0 Å². The van der Waals surface area contributed by atoms with Crippen LogP contribution in [0.3, 0.4) is 0 Å². The van der Waals surface area contributed by atoms with Gasteiger partial charge in [-0.2, -0.15) is 0 Å². The van der Waals surface area contributed by atoms with Crippen molar-refractivity contribution in [3.63, 3.8) is 0 Å². The Morgan fingerprint density at radius 1 is 1.19 bits per heavy atom. The number of likely N-dealkylation sites (tertiary alicyclic amines) is 1. The van der Waals surface area contributed by atoms with E-state index in [1.54, 1.807) is 0 Å². The molecule has 3 heteroatoms. The number of nitrogens with zero attached hydrogens (tertiary/aromatic N) is 1. The fraction of sp³-hybridized carbons (Fsp3) is 0.667. The molecule has 3 rings (SSSR count). The molecule has 1 aliphatic carbocycles. The van der Waals surface area contributed by atoms with Crippen molar-refractivity contribution in [3.05, 3.63) is 35.4 Å². The molecule has 2 fully saturated rings. The van der Waals surface area contributed by atoms with Crippen LogP contribution in [0.1, 0.15) is 37.3 Å². The van der Waals surface area contributed by atoms with E-state index in [2.05, 4.69) is 41.4 Å². The van der Waals surface area contributed by atoms with Crippen LogP contribution in [-0.4, -0.2) is 37.2 Å². The smallest absolute Gasteiger partial charge is 0.0724 e. The average Bonchev–Trinajstić information content (AvgIpc) is 3.32. The van der Waals surface area contributed by atoms with Crippen molar-refractivity contribution in [1.29, 1.82) is 0 Å². The average molecular weight is 288 g/mol. The van der Waals surface area contributed by atoms with E-state index in [4.69, 9.17) is 4.74 Å². The van der Waals surface area contributed by atoms with Crippen LogP contribution in [0.2, 0.25) is 0 Å². The van der Waals surface area contributed by atoms with Gasteiger partial charge in [-0.15, -0.1) is 0 Å². The Morgan fingerprint density at radius 2 is 1.95 bits per heavy atom. The molecule has 0 radical (unpaired) electrons. The van der Waals surface area contributed by atoms with Gasteiger partial charge in [0.1, 0.15) is 0 Å². The standard InChI is InChI=1S/C18H28N2O/c1-14-9-10-20(13-18(14)21-2)12-16-6-4-3-5-15(16)11-19-17-7-8-17/h3-6,14,17-19H,7-13H2,1-2H3. The van der Waals surface area contributed by atoms with Crippen LogP contribution in [0.15, 0.2) is 24.3 Å². The molecule has 21 heavy (non-hydrogen) atoms. The topological polar surface area (TPSA) is 24.5 Å². The third kappa shape index (κ3) is 4.06. The Labute approximate surface area is 128 Å². The number of rotatable bonds is 6. The molecular formula is C18H28N2O. The van der Waals surface area contributed by atoms with Gasteiger partial charge in [0, 0.05) is 32.8 Å². The Balaban J connectivity index is 1.61. The van der Waals surface area contributed by atoms with E-state index >= 15 is 0 Å². The highest BCUT2D eigenvalue weighted by Gasteiger charge is 2.26. The first-order chi connectivity index (χ1) is 10.3. The van der Waals surface area contributed by atoms with Gasteiger partial charge in [-0.05, 0) is 42.9 Å². The summed E-state index contributed by atoms with van der Waals surface area (Å²) in [6.07, 6.45) is 4.32. The van der Waals surface area contributed by atoms with E-state index in [0.717, 1.165) is 25.7 Å². The predicted octanol–water partition coefficient (Wildman–Crippen LogP) is 2.80. The van der Waals surface area contributed by atoms with Crippen LogP contribution >= 0.6 is 0 Å². The zero-order valence-corrected chi connectivity index (χ0v) is 13.3. The lowest BCUT2D eigenvalue weighted by Gasteiger charge is -2.36. The molecule has 0 aromatic heterocycles. The molecule has 2 unspecified atom stereocenters. The lowest BCUT2D eigenvalue weighted by molar-refractivity contribution is -0.00752. The molecule has 0 spiro atoms. The zero-order chi connectivity index (χ0) is 14.7. The fourth-order valence-corrected chi connectivity index (χ4v) is 3.22. The summed E-state index contributed by atoms with van der Waals surface area (Å²) in [5, 5.41) is 3.63. The van der Waals surface area contributed by atoms with Crippen molar-refractivity contribution in [2.75, 3.05) is 20.2 Å². The Morgan fingerprint density at radius 3 is 2.67 bits per heavy atom. The molecule has 1 aromatic carbocycles. The van der Waals surface area contributed by atoms with Crippen molar-refractivity contribution in [1.82, 2.24) is 10.2 Å². The van der Waals surface area contributed by atoms with Gasteiger partial charge >= 0.3 is 0 Å². The monoisotopic (exact) mass is 288 g/mol. The molecule has 2 atom stereocenters. The van der Waals surface area contributed by atoms with Gasteiger partial charge in [0.2, 0.25) is 0 Å². The first-order valence-corrected chi connectivity index (χ1v) is 8.31. The number of piperidine rings is 1. The molecule has 0 amide bonds. The summed E-state index contributed by atoms with van der Waals surface area (Å²) in [4.78, 5) is 2.55. The Hall–Kier alpha value is -0.900. The summed E-state index contributed by atoms with van der Waals surface area (Å²) in [5.74, 6) is 0.679. The maximum Gasteiger partial charge on any atom is 0.0724 e. The maximum absolute atomic E-state index is 5.63. The summed E-state index contributed by atoms with van der Waals surface area (Å²) in [5.41, 5.74) is 2.92. The normalized spacial score (nSPS) is 27.0. The fourth-order valence-electron chi connectivity index (χ4n) is 3.22. The van der Waals surface area contributed by atoms with Gasteiger partial charge in [0.15, 0.2) is 0 Å². The summed E-state index contributed by atoms with van der Waals surface area (Å²) >= 11 is 0. The molecule has 1 saturated heterocycles. The van der Waals surface area contributed by atoms with E-state index in [0.29, 0.717) is 12.0 Å². The molecule has 3 nitrogen and oxygen atoms in total. The molecule has 1 saturated carbocycles. The van der Waals surface area contributed by atoms with Crippen LogP contribution in [0.5, 0.6) is 0 Å². The number of ether oxygens (including phenoxy) is 1. The Kier molecular flexibility index (Phi) is 4.94. The zero-order valence-electron chi connectivity index (χ0n) is 13.3. The molecule has 1 N–H and O–H groups in total. The molecule has 116 valence electrons. The van der Waals surface area contributed by atoms with Gasteiger partial charge in [-0.1, -0.05) is 31.2 Å². The van der Waals surface area contributed by atoms with Gasteiger partial charge in [0.05, 0.1) is 6.10 Å². The molecule has 1 aromatic rings. The summed E-state index contributed by atoms with van der Waals surface area (Å²) in [6, 6.07) is 9.64. The number of benzene rings is 1. The van der Waals surface area contributed by atoms with E-state index in [9.17, 15) is 0 Å². The molecular weight excluding hydrogens is 260 g/mol. The Bertz CT molecular complexity index is 458. The first kappa shape index (κ1) is 15.0. The van der Waals surface area contributed by atoms with Crippen molar-refractivity contribution >= 4 is 0 Å². The van der Waals surface area contributed by atoms with Gasteiger partial charge in [-0.25, -0.2) is 0 Å². The lowest BCUT2D eigenvalue weighted by atomic mass is 9.95. The van der Waals surface area contributed by atoms with Gasteiger partial charge < -0.3 is 10.1 Å². The van der Waals surface area contributed by atoms with Crippen molar-refractivity contribution in [2.24, 2.45) is 5.92 Å².